The van der Waals surface area contributed by atoms with Crippen molar-refractivity contribution in [2.24, 2.45) is 5.73 Å². The highest BCUT2D eigenvalue weighted by molar-refractivity contribution is 5.37. The Kier molecular flexibility index (Phi) is 4.14. The molecular weight excluding hydrogens is 188 g/mol. The van der Waals surface area contributed by atoms with Crippen molar-refractivity contribution in [3.63, 3.8) is 0 Å². The number of rotatable bonds is 4. The molecular formula is C12H16N2O. The Labute approximate surface area is 90.5 Å². The Morgan fingerprint density at radius 3 is 2.87 bits per heavy atom. The summed E-state index contributed by atoms with van der Waals surface area (Å²) in [7, 11) is 0. The second kappa shape index (κ2) is 5.38. The highest BCUT2D eigenvalue weighted by atomic mass is 16.5. The third-order valence-corrected chi connectivity index (χ3v) is 2.05. The van der Waals surface area contributed by atoms with Gasteiger partial charge in [0, 0.05) is 6.04 Å². The van der Waals surface area contributed by atoms with Gasteiger partial charge in [-0.2, -0.15) is 5.26 Å². The van der Waals surface area contributed by atoms with Gasteiger partial charge in [0.05, 0.1) is 0 Å². The Hall–Kier alpha value is -1.53. The van der Waals surface area contributed by atoms with Gasteiger partial charge in [0.2, 0.25) is 0 Å². The first-order valence-corrected chi connectivity index (χ1v) is 4.98. The quantitative estimate of drug-likeness (QED) is 0.813. The minimum Gasteiger partial charge on any atom is -0.478 e. The van der Waals surface area contributed by atoms with E-state index < -0.39 is 0 Å². The van der Waals surface area contributed by atoms with Crippen LogP contribution in [0.5, 0.6) is 5.75 Å². The van der Waals surface area contributed by atoms with Crippen molar-refractivity contribution < 1.29 is 4.74 Å². The molecule has 80 valence electrons. The van der Waals surface area contributed by atoms with Gasteiger partial charge in [-0.25, -0.2) is 0 Å². The third kappa shape index (κ3) is 3.61. The molecule has 0 aliphatic rings. The minimum absolute atomic E-state index is 0.0784. The maximum atomic E-state index is 8.46. The number of aryl methyl sites for hydroxylation is 1. The Morgan fingerprint density at radius 1 is 1.53 bits per heavy atom. The van der Waals surface area contributed by atoms with Crippen LogP contribution < -0.4 is 10.5 Å². The summed E-state index contributed by atoms with van der Waals surface area (Å²) in [6.45, 7) is 4.06. The second-order valence-corrected chi connectivity index (χ2v) is 3.74. The van der Waals surface area contributed by atoms with Crippen molar-refractivity contribution >= 4 is 0 Å². The molecule has 0 aliphatic carbocycles. The maximum Gasteiger partial charge on any atom is 0.174 e. The van der Waals surface area contributed by atoms with Crippen LogP contribution in [-0.4, -0.2) is 12.6 Å². The molecule has 0 bridgehead atoms. The molecule has 0 aromatic heterocycles. The monoisotopic (exact) mass is 204 g/mol. The normalized spacial score (nSPS) is 11.9. The van der Waals surface area contributed by atoms with Gasteiger partial charge in [-0.3, -0.25) is 0 Å². The van der Waals surface area contributed by atoms with E-state index in [1.54, 1.807) is 0 Å². The lowest BCUT2D eigenvalue weighted by Crippen LogP contribution is -2.18. The van der Waals surface area contributed by atoms with Crippen LogP contribution in [0.1, 0.15) is 18.1 Å². The zero-order chi connectivity index (χ0) is 11.3. The maximum absolute atomic E-state index is 8.46. The predicted molar refractivity (Wildman–Crippen MR) is 59.6 cm³/mol. The van der Waals surface area contributed by atoms with E-state index in [2.05, 4.69) is 6.07 Å². The zero-order valence-corrected chi connectivity index (χ0v) is 9.16. The van der Waals surface area contributed by atoms with Crippen LogP contribution in [0.2, 0.25) is 0 Å². The molecule has 1 rings (SSSR count). The van der Waals surface area contributed by atoms with Gasteiger partial charge in [0.15, 0.2) is 6.61 Å². The summed E-state index contributed by atoms with van der Waals surface area (Å²) in [5.74, 6) is 0.763. The molecule has 1 aromatic rings. The fourth-order valence-corrected chi connectivity index (χ4v) is 1.47. The van der Waals surface area contributed by atoms with Crippen LogP contribution in [0.15, 0.2) is 18.2 Å². The standard InChI is InChI=1S/C12H16N2O/c1-9-3-4-12(15-6-5-13)11(7-9)8-10(2)14/h3-4,7,10H,6,8,14H2,1-2H3. The van der Waals surface area contributed by atoms with Gasteiger partial charge in [0.1, 0.15) is 11.8 Å². The number of nitriles is 1. The predicted octanol–water partition coefficient (Wildman–Crippen LogP) is 1.79. The summed E-state index contributed by atoms with van der Waals surface area (Å²) in [6, 6.07) is 7.97. The molecule has 0 saturated heterocycles. The first-order valence-electron chi connectivity index (χ1n) is 4.98. The first-order chi connectivity index (χ1) is 7.13. The largest absolute Gasteiger partial charge is 0.478 e. The molecule has 1 unspecified atom stereocenters. The summed E-state index contributed by atoms with van der Waals surface area (Å²) < 4.78 is 5.33. The molecule has 15 heavy (non-hydrogen) atoms. The molecule has 2 N–H and O–H groups in total. The number of nitrogens with zero attached hydrogens (tertiary/aromatic N) is 1. The minimum atomic E-state index is 0.0784. The van der Waals surface area contributed by atoms with E-state index in [0.717, 1.165) is 17.7 Å². The molecule has 0 amide bonds. The van der Waals surface area contributed by atoms with Crippen molar-refractivity contribution in [3.8, 4) is 11.8 Å². The third-order valence-electron chi connectivity index (χ3n) is 2.05. The summed E-state index contributed by atoms with van der Waals surface area (Å²) in [5, 5.41) is 8.46. The lowest BCUT2D eigenvalue weighted by molar-refractivity contribution is 0.363. The average Bonchev–Trinajstić information content (AvgIpc) is 2.16. The molecule has 0 heterocycles. The van der Waals surface area contributed by atoms with Crippen molar-refractivity contribution in [1.82, 2.24) is 0 Å². The van der Waals surface area contributed by atoms with E-state index in [1.165, 1.54) is 5.56 Å². The fourth-order valence-electron chi connectivity index (χ4n) is 1.47. The smallest absolute Gasteiger partial charge is 0.174 e. The molecule has 0 fully saturated rings. The van der Waals surface area contributed by atoms with E-state index in [9.17, 15) is 0 Å². The van der Waals surface area contributed by atoms with E-state index in [4.69, 9.17) is 15.7 Å². The van der Waals surface area contributed by atoms with E-state index >= 15 is 0 Å². The van der Waals surface area contributed by atoms with Crippen LogP contribution in [0.25, 0.3) is 0 Å². The van der Waals surface area contributed by atoms with Gasteiger partial charge in [-0.05, 0) is 31.9 Å². The number of benzene rings is 1. The number of hydrogen-bond acceptors (Lipinski definition) is 3. The molecule has 0 spiro atoms. The number of ether oxygens (including phenoxy) is 1. The van der Waals surface area contributed by atoms with E-state index in [1.807, 2.05) is 32.0 Å². The topological polar surface area (TPSA) is 59.0 Å². The number of hydrogen-bond donors (Lipinski definition) is 1. The zero-order valence-electron chi connectivity index (χ0n) is 9.16. The molecule has 0 aliphatic heterocycles. The van der Waals surface area contributed by atoms with Crippen LogP contribution in [0.4, 0.5) is 0 Å². The Balaban J connectivity index is 2.88. The molecule has 1 atom stereocenters. The second-order valence-electron chi connectivity index (χ2n) is 3.74. The Morgan fingerprint density at radius 2 is 2.27 bits per heavy atom. The summed E-state index contributed by atoms with van der Waals surface area (Å²) in [6.07, 6.45) is 0.766. The van der Waals surface area contributed by atoms with Gasteiger partial charge < -0.3 is 10.5 Å². The highest BCUT2D eigenvalue weighted by Gasteiger charge is 2.06. The van der Waals surface area contributed by atoms with Gasteiger partial charge in [-0.1, -0.05) is 17.7 Å². The molecule has 3 heteroatoms. The highest BCUT2D eigenvalue weighted by Crippen LogP contribution is 2.21. The van der Waals surface area contributed by atoms with Crippen LogP contribution in [0.3, 0.4) is 0 Å². The van der Waals surface area contributed by atoms with Crippen molar-refractivity contribution in [3.05, 3.63) is 29.3 Å². The van der Waals surface area contributed by atoms with Crippen LogP contribution in [-0.2, 0) is 6.42 Å². The summed E-state index contributed by atoms with van der Waals surface area (Å²) >= 11 is 0. The lowest BCUT2D eigenvalue weighted by atomic mass is 10.0. The molecule has 1 aromatic carbocycles. The first kappa shape index (κ1) is 11.5. The Bertz CT molecular complexity index is 366. The summed E-state index contributed by atoms with van der Waals surface area (Å²) in [4.78, 5) is 0. The van der Waals surface area contributed by atoms with Crippen molar-refractivity contribution in [2.75, 3.05) is 6.61 Å². The molecule has 0 radical (unpaired) electrons. The van der Waals surface area contributed by atoms with Gasteiger partial charge in [0.25, 0.3) is 0 Å². The molecule has 0 saturated carbocycles. The van der Waals surface area contributed by atoms with Crippen LogP contribution in [0, 0.1) is 18.3 Å². The SMILES string of the molecule is Cc1ccc(OCC#N)c(CC(C)N)c1. The van der Waals surface area contributed by atoms with Crippen molar-refractivity contribution in [1.29, 1.82) is 5.26 Å². The lowest BCUT2D eigenvalue weighted by Gasteiger charge is -2.12. The van der Waals surface area contributed by atoms with E-state index in [-0.39, 0.29) is 12.6 Å². The summed E-state index contributed by atoms with van der Waals surface area (Å²) in [5.41, 5.74) is 8.00. The number of nitrogens with two attached hydrogens (primary N) is 1. The fraction of sp³-hybridized carbons (Fsp3) is 0.417. The van der Waals surface area contributed by atoms with Gasteiger partial charge >= 0.3 is 0 Å². The van der Waals surface area contributed by atoms with Crippen molar-refractivity contribution in [2.45, 2.75) is 26.3 Å². The van der Waals surface area contributed by atoms with Gasteiger partial charge in [-0.15, -0.1) is 0 Å². The molecule has 3 nitrogen and oxygen atoms in total. The van der Waals surface area contributed by atoms with Crippen LogP contribution >= 0.6 is 0 Å². The van der Waals surface area contributed by atoms with E-state index in [0.29, 0.717) is 0 Å². The average molecular weight is 204 g/mol.